The molecule has 1 aromatic heterocycles. The van der Waals surface area contributed by atoms with Gasteiger partial charge in [-0.1, -0.05) is 30.3 Å². The summed E-state index contributed by atoms with van der Waals surface area (Å²) in [6, 6.07) is 11.6. The fraction of sp³-hybridized carbons (Fsp3) is 0.0833. The second kappa shape index (κ2) is 4.28. The minimum absolute atomic E-state index is 0.332. The molecule has 0 saturated heterocycles. The Kier molecular flexibility index (Phi) is 2.83. The number of rotatable bonds is 3. The lowest BCUT2D eigenvalue weighted by Gasteiger charge is -2.04. The molecule has 3 heteroatoms. The molecule has 0 saturated carbocycles. The summed E-state index contributed by atoms with van der Waals surface area (Å²) in [4.78, 5) is 11.1. The van der Waals surface area contributed by atoms with E-state index in [-0.39, 0.29) is 0 Å². The minimum Gasteiger partial charge on any atom is -0.544 e. The average Bonchev–Trinajstić information content (AvgIpc) is 2.67. The molecule has 0 radical (unpaired) electrons. The maximum absolute atomic E-state index is 10.8. The molecule has 0 N–H and O–H groups in total. The van der Waals surface area contributed by atoms with E-state index in [9.17, 15) is 9.90 Å². The van der Waals surface area contributed by atoms with Gasteiger partial charge < -0.3 is 9.90 Å². The highest BCUT2D eigenvalue weighted by Gasteiger charge is 2.05. The van der Waals surface area contributed by atoms with E-state index in [2.05, 4.69) is 0 Å². The zero-order chi connectivity index (χ0) is 10.7. The van der Waals surface area contributed by atoms with E-state index in [4.69, 9.17) is 0 Å². The lowest BCUT2D eigenvalue weighted by Crippen LogP contribution is -2.22. The van der Waals surface area contributed by atoms with Crippen LogP contribution in [0.5, 0.6) is 0 Å². The third-order valence-electron chi connectivity index (χ3n) is 2.17. The van der Waals surface area contributed by atoms with Crippen LogP contribution < -0.4 is 5.11 Å². The summed E-state index contributed by atoms with van der Waals surface area (Å²) in [7, 11) is 0. The van der Waals surface area contributed by atoms with Gasteiger partial charge in [-0.3, -0.25) is 0 Å². The highest BCUT2D eigenvalue weighted by atomic mass is 32.1. The SMILES string of the molecule is O=C([O-])c1sccc1Cc1ccccc1. The molecule has 0 fully saturated rings. The molecule has 2 aromatic rings. The Hall–Kier alpha value is -1.61. The van der Waals surface area contributed by atoms with Crippen molar-refractivity contribution in [1.82, 2.24) is 0 Å². The van der Waals surface area contributed by atoms with Gasteiger partial charge in [0, 0.05) is 0 Å². The number of aromatic carboxylic acids is 1. The van der Waals surface area contributed by atoms with Gasteiger partial charge >= 0.3 is 0 Å². The molecule has 15 heavy (non-hydrogen) atoms. The molecule has 0 aliphatic carbocycles. The zero-order valence-corrected chi connectivity index (χ0v) is 8.79. The van der Waals surface area contributed by atoms with Crippen LogP contribution in [0.4, 0.5) is 0 Å². The molecular formula is C12H9O2S-. The fourth-order valence-electron chi connectivity index (χ4n) is 1.47. The first-order valence-electron chi connectivity index (χ1n) is 4.59. The monoisotopic (exact) mass is 217 g/mol. The topological polar surface area (TPSA) is 40.1 Å². The largest absolute Gasteiger partial charge is 0.544 e. The summed E-state index contributed by atoms with van der Waals surface area (Å²) >= 11 is 1.21. The van der Waals surface area contributed by atoms with Crippen molar-refractivity contribution < 1.29 is 9.90 Å². The molecule has 1 aromatic carbocycles. The highest BCUT2D eigenvalue weighted by Crippen LogP contribution is 2.19. The quantitative estimate of drug-likeness (QED) is 0.785. The van der Waals surface area contributed by atoms with Gasteiger partial charge in [-0.2, -0.15) is 0 Å². The lowest BCUT2D eigenvalue weighted by molar-refractivity contribution is -0.254. The Morgan fingerprint density at radius 2 is 1.93 bits per heavy atom. The first kappa shape index (κ1) is 9.93. The number of carbonyl (C=O) groups is 1. The summed E-state index contributed by atoms with van der Waals surface area (Å²) in [5.41, 5.74) is 1.93. The van der Waals surface area contributed by atoms with Crippen LogP contribution in [0, 0.1) is 0 Å². The van der Waals surface area contributed by atoms with Crippen LogP contribution >= 0.6 is 11.3 Å². The Bertz CT molecular complexity index is 459. The molecule has 0 amide bonds. The maximum Gasteiger partial charge on any atom is 0.0818 e. The Morgan fingerprint density at radius 1 is 1.20 bits per heavy atom. The molecule has 0 spiro atoms. The van der Waals surface area contributed by atoms with Crippen LogP contribution in [-0.4, -0.2) is 5.97 Å². The number of carboxylic acids is 1. The highest BCUT2D eigenvalue weighted by molar-refractivity contribution is 7.12. The lowest BCUT2D eigenvalue weighted by atomic mass is 10.1. The third kappa shape index (κ3) is 2.25. The Morgan fingerprint density at radius 3 is 2.60 bits per heavy atom. The van der Waals surface area contributed by atoms with Crippen molar-refractivity contribution in [2.24, 2.45) is 0 Å². The molecule has 0 aliphatic rings. The van der Waals surface area contributed by atoms with E-state index in [1.807, 2.05) is 36.4 Å². The van der Waals surface area contributed by atoms with Gasteiger partial charge in [-0.05, 0) is 29.0 Å². The van der Waals surface area contributed by atoms with Crippen LogP contribution in [0.2, 0.25) is 0 Å². The van der Waals surface area contributed by atoms with Gasteiger partial charge in [0.05, 0.1) is 10.8 Å². The van der Waals surface area contributed by atoms with E-state index in [0.29, 0.717) is 11.3 Å². The first-order chi connectivity index (χ1) is 7.27. The predicted octanol–water partition coefficient (Wildman–Crippen LogP) is 1.70. The van der Waals surface area contributed by atoms with Crippen LogP contribution in [0.15, 0.2) is 41.8 Å². The van der Waals surface area contributed by atoms with Crippen LogP contribution in [0.1, 0.15) is 20.8 Å². The van der Waals surface area contributed by atoms with Crippen molar-refractivity contribution in [3.63, 3.8) is 0 Å². The van der Waals surface area contributed by atoms with E-state index < -0.39 is 5.97 Å². The summed E-state index contributed by atoms with van der Waals surface area (Å²) in [6.45, 7) is 0. The molecular weight excluding hydrogens is 208 g/mol. The van der Waals surface area contributed by atoms with Crippen LogP contribution in [0.25, 0.3) is 0 Å². The van der Waals surface area contributed by atoms with Crippen molar-refractivity contribution >= 4 is 17.3 Å². The maximum atomic E-state index is 10.8. The van der Waals surface area contributed by atoms with Gasteiger partial charge in [0.15, 0.2) is 0 Å². The van der Waals surface area contributed by atoms with Crippen molar-refractivity contribution in [3.8, 4) is 0 Å². The summed E-state index contributed by atoms with van der Waals surface area (Å²) in [6.07, 6.45) is 0.646. The summed E-state index contributed by atoms with van der Waals surface area (Å²) in [5.74, 6) is -1.09. The van der Waals surface area contributed by atoms with Gasteiger partial charge in [0.25, 0.3) is 0 Å². The first-order valence-corrected chi connectivity index (χ1v) is 5.47. The minimum atomic E-state index is -1.09. The standard InChI is InChI=1S/C12H10O2S/c13-12(14)11-10(6-7-15-11)8-9-4-2-1-3-5-9/h1-7H,8H2,(H,13,14)/p-1. The fourth-order valence-corrected chi connectivity index (χ4v) is 2.23. The van der Waals surface area contributed by atoms with Gasteiger partial charge in [-0.15, -0.1) is 11.3 Å². The molecule has 1 heterocycles. The number of carbonyl (C=O) groups excluding carboxylic acids is 1. The van der Waals surface area contributed by atoms with Crippen molar-refractivity contribution in [2.75, 3.05) is 0 Å². The zero-order valence-electron chi connectivity index (χ0n) is 7.97. The van der Waals surface area contributed by atoms with Crippen molar-refractivity contribution in [2.45, 2.75) is 6.42 Å². The second-order valence-corrected chi connectivity index (χ2v) is 4.14. The summed E-state index contributed by atoms with van der Waals surface area (Å²) < 4.78 is 0. The van der Waals surface area contributed by atoms with Crippen LogP contribution in [-0.2, 0) is 6.42 Å². The molecule has 0 bridgehead atoms. The second-order valence-electron chi connectivity index (χ2n) is 3.22. The van der Waals surface area contributed by atoms with Crippen molar-refractivity contribution in [3.05, 3.63) is 57.8 Å². The van der Waals surface area contributed by atoms with Crippen LogP contribution in [0.3, 0.4) is 0 Å². The molecule has 2 rings (SSSR count). The molecule has 2 nitrogen and oxygen atoms in total. The average molecular weight is 217 g/mol. The molecule has 0 unspecified atom stereocenters. The van der Waals surface area contributed by atoms with Gasteiger partial charge in [0.1, 0.15) is 0 Å². The Labute approximate surface area is 91.8 Å². The van der Waals surface area contributed by atoms with E-state index in [1.54, 1.807) is 5.38 Å². The van der Waals surface area contributed by atoms with E-state index >= 15 is 0 Å². The number of benzene rings is 1. The Balaban J connectivity index is 2.25. The normalized spacial score (nSPS) is 10.1. The number of hydrogen-bond acceptors (Lipinski definition) is 3. The number of carboxylic acid groups (broad SMARTS) is 1. The smallest absolute Gasteiger partial charge is 0.0818 e. The molecule has 76 valence electrons. The number of hydrogen-bond donors (Lipinski definition) is 0. The molecule has 0 atom stereocenters. The van der Waals surface area contributed by atoms with E-state index in [1.165, 1.54) is 11.3 Å². The molecule has 0 aliphatic heterocycles. The van der Waals surface area contributed by atoms with Crippen molar-refractivity contribution in [1.29, 1.82) is 0 Å². The van der Waals surface area contributed by atoms with Gasteiger partial charge in [-0.25, -0.2) is 0 Å². The van der Waals surface area contributed by atoms with Gasteiger partial charge in [0.2, 0.25) is 0 Å². The predicted molar refractivity (Wildman–Crippen MR) is 57.9 cm³/mol. The third-order valence-corrected chi connectivity index (χ3v) is 3.11. The number of thiophene rings is 1. The summed E-state index contributed by atoms with van der Waals surface area (Å²) in [5, 5.41) is 12.6. The van der Waals surface area contributed by atoms with E-state index in [0.717, 1.165) is 11.1 Å².